The van der Waals surface area contributed by atoms with Crippen molar-refractivity contribution >= 4 is 23.5 Å². The predicted molar refractivity (Wildman–Crippen MR) is 92.7 cm³/mol. The molecule has 0 saturated heterocycles. The van der Waals surface area contributed by atoms with Crippen LogP contribution in [0.15, 0.2) is 0 Å². The largest absolute Gasteiger partial charge is 0.466 e. The Kier molecular flexibility index (Phi) is 15.5. The summed E-state index contributed by atoms with van der Waals surface area (Å²) < 4.78 is 10.3. The number of alkyl halides is 1. The van der Waals surface area contributed by atoms with E-state index in [1.807, 2.05) is 0 Å². The lowest BCUT2D eigenvalue weighted by Crippen LogP contribution is -2.31. The summed E-state index contributed by atoms with van der Waals surface area (Å²) in [6.07, 6.45) is 5.33. The van der Waals surface area contributed by atoms with Gasteiger partial charge in [-0.2, -0.15) is 0 Å². The molecule has 0 unspecified atom stereocenters. The van der Waals surface area contributed by atoms with Gasteiger partial charge < -0.3 is 14.4 Å². The zero-order chi connectivity index (χ0) is 17.3. The maximum atomic E-state index is 11.6. The Morgan fingerprint density at radius 3 is 1.70 bits per heavy atom. The lowest BCUT2D eigenvalue weighted by molar-refractivity contribution is -0.144. The molecule has 0 spiro atoms. The number of ether oxygens (including phenoxy) is 2. The Labute approximate surface area is 145 Å². The van der Waals surface area contributed by atoms with Crippen LogP contribution in [0.4, 0.5) is 0 Å². The van der Waals surface area contributed by atoms with Crippen LogP contribution in [-0.2, 0) is 19.1 Å². The maximum absolute atomic E-state index is 11.6. The number of nitrogens with zero attached hydrogens (tertiary/aromatic N) is 1. The SMILES string of the molecule is CCCCOC(=O)CCN(CCCCl)CCC(=O)OCCCC. The van der Waals surface area contributed by atoms with Crippen molar-refractivity contribution in [1.82, 2.24) is 4.90 Å². The van der Waals surface area contributed by atoms with Crippen LogP contribution >= 0.6 is 11.6 Å². The Bertz CT molecular complexity index is 287. The summed E-state index contributed by atoms with van der Waals surface area (Å²) >= 11 is 5.73. The van der Waals surface area contributed by atoms with Crippen molar-refractivity contribution < 1.29 is 19.1 Å². The van der Waals surface area contributed by atoms with E-state index in [0.29, 0.717) is 45.0 Å². The molecule has 0 bridgehead atoms. The Morgan fingerprint density at radius 2 is 1.30 bits per heavy atom. The predicted octanol–water partition coefficient (Wildman–Crippen LogP) is 3.38. The Hall–Kier alpha value is -0.810. The highest BCUT2D eigenvalue weighted by molar-refractivity contribution is 6.17. The molecule has 136 valence electrons. The number of carbonyl (C=O) groups is 2. The van der Waals surface area contributed by atoms with E-state index in [1.54, 1.807) is 0 Å². The van der Waals surface area contributed by atoms with Gasteiger partial charge >= 0.3 is 11.9 Å². The van der Waals surface area contributed by atoms with E-state index in [1.165, 1.54) is 0 Å². The molecule has 6 heteroatoms. The second kappa shape index (κ2) is 16.1. The third-order valence-electron chi connectivity index (χ3n) is 3.39. The zero-order valence-electron chi connectivity index (χ0n) is 14.7. The molecule has 0 aromatic rings. The Morgan fingerprint density at radius 1 is 0.826 bits per heavy atom. The molecule has 5 nitrogen and oxygen atoms in total. The summed E-state index contributed by atoms with van der Waals surface area (Å²) in [5.74, 6) is 0.206. The van der Waals surface area contributed by atoms with Gasteiger partial charge in [-0.15, -0.1) is 11.6 Å². The highest BCUT2D eigenvalue weighted by Gasteiger charge is 2.12. The van der Waals surface area contributed by atoms with Crippen LogP contribution in [0.5, 0.6) is 0 Å². The number of halogens is 1. The van der Waals surface area contributed by atoms with E-state index in [-0.39, 0.29) is 11.9 Å². The van der Waals surface area contributed by atoms with E-state index >= 15 is 0 Å². The fraction of sp³-hybridized carbons (Fsp3) is 0.882. The molecule has 0 aliphatic carbocycles. The van der Waals surface area contributed by atoms with Gasteiger partial charge in [0, 0.05) is 19.0 Å². The summed E-state index contributed by atoms with van der Waals surface area (Å²) in [6, 6.07) is 0. The Balaban J connectivity index is 4.00. The monoisotopic (exact) mass is 349 g/mol. The highest BCUT2D eigenvalue weighted by atomic mass is 35.5. The zero-order valence-corrected chi connectivity index (χ0v) is 15.4. The lowest BCUT2D eigenvalue weighted by Gasteiger charge is -2.21. The quantitative estimate of drug-likeness (QED) is 0.258. The summed E-state index contributed by atoms with van der Waals surface area (Å²) in [4.78, 5) is 25.4. The van der Waals surface area contributed by atoms with Crippen LogP contribution in [-0.4, -0.2) is 55.6 Å². The molecule has 0 aromatic carbocycles. The summed E-state index contributed by atoms with van der Waals surface area (Å²) in [5, 5.41) is 0. The van der Waals surface area contributed by atoms with Gasteiger partial charge in [-0.05, 0) is 25.8 Å². The fourth-order valence-electron chi connectivity index (χ4n) is 1.92. The molecule has 0 saturated carbocycles. The topological polar surface area (TPSA) is 55.8 Å². The van der Waals surface area contributed by atoms with Crippen molar-refractivity contribution in [2.45, 2.75) is 58.8 Å². The van der Waals surface area contributed by atoms with Crippen LogP contribution in [0.1, 0.15) is 58.8 Å². The number of hydrogen-bond donors (Lipinski definition) is 0. The normalized spacial score (nSPS) is 10.8. The molecular formula is C17H32ClNO4. The molecule has 0 aromatic heterocycles. The fourth-order valence-corrected chi connectivity index (χ4v) is 2.04. The minimum absolute atomic E-state index is 0.181. The molecule has 0 aliphatic heterocycles. The first-order chi connectivity index (χ1) is 11.1. The molecular weight excluding hydrogens is 318 g/mol. The van der Waals surface area contributed by atoms with Gasteiger partial charge in [0.2, 0.25) is 0 Å². The molecule has 0 atom stereocenters. The molecule has 23 heavy (non-hydrogen) atoms. The summed E-state index contributed by atoms with van der Waals surface area (Å²) in [5.41, 5.74) is 0. The van der Waals surface area contributed by atoms with Crippen LogP contribution in [0.2, 0.25) is 0 Å². The standard InChI is InChI=1S/C17H32ClNO4/c1-3-5-14-22-16(20)8-12-19(11-7-10-18)13-9-17(21)23-15-6-4-2/h3-15H2,1-2H3. The maximum Gasteiger partial charge on any atom is 0.307 e. The van der Waals surface area contributed by atoms with E-state index in [2.05, 4.69) is 18.7 Å². The minimum atomic E-state index is -0.181. The molecule has 0 amide bonds. The number of unbranched alkanes of at least 4 members (excludes halogenated alkanes) is 2. The van der Waals surface area contributed by atoms with Crippen molar-refractivity contribution in [1.29, 1.82) is 0 Å². The second-order valence-corrected chi connectivity index (χ2v) is 5.91. The van der Waals surface area contributed by atoms with Crippen LogP contribution in [0, 0.1) is 0 Å². The summed E-state index contributed by atoms with van der Waals surface area (Å²) in [7, 11) is 0. The molecule has 0 N–H and O–H groups in total. The van der Waals surface area contributed by atoms with Crippen LogP contribution in [0.25, 0.3) is 0 Å². The third-order valence-corrected chi connectivity index (χ3v) is 3.66. The average Bonchev–Trinajstić information content (AvgIpc) is 2.54. The minimum Gasteiger partial charge on any atom is -0.466 e. The van der Waals surface area contributed by atoms with Gasteiger partial charge in [-0.25, -0.2) is 0 Å². The number of rotatable bonds is 15. The highest BCUT2D eigenvalue weighted by Crippen LogP contribution is 2.02. The van der Waals surface area contributed by atoms with Crippen molar-refractivity contribution in [3.05, 3.63) is 0 Å². The van der Waals surface area contributed by atoms with E-state index in [0.717, 1.165) is 38.6 Å². The molecule has 0 aliphatic rings. The van der Waals surface area contributed by atoms with Crippen molar-refractivity contribution in [3.63, 3.8) is 0 Å². The lowest BCUT2D eigenvalue weighted by atomic mass is 10.3. The first kappa shape index (κ1) is 22.2. The van der Waals surface area contributed by atoms with E-state index in [4.69, 9.17) is 21.1 Å². The first-order valence-corrected chi connectivity index (χ1v) is 9.27. The van der Waals surface area contributed by atoms with E-state index in [9.17, 15) is 9.59 Å². The van der Waals surface area contributed by atoms with Gasteiger partial charge in [0.25, 0.3) is 0 Å². The van der Waals surface area contributed by atoms with Gasteiger partial charge in [-0.3, -0.25) is 9.59 Å². The number of hydrogen-bond acceptors (Lipinski definition) is 5. The molecule has 0 radical (unpaired) electrons. The average molecular weight is 350 g/mol. The van der Waals surface area contributed by atoms with Crippen molar-refractivity contribution in [2.75, 3.05) is 38.7 Å². The first-order valence-electron chi connectivity index (χ1n) is 8.73. The van der Waals surface area contributed by atoms with E-state index < -0.39 is 0 Å². The van der Waals surface area contributed by atoms with Gasteiger partial charge in [0.05, 0.1) is 26.1 Å². The summed E-state index contributed by atoms with van der Waals surface area (Å²) in [6.45, 7) is 7.03. The van der Waals surface area contributed by atoms with Crippen molar-refractivity contribution in [2.24, 2.45) is 0 Å². The van der Waals surface area contributed by atoms with Gasteiger partial charge in [0.15, 0.2) is 0 Å². The second-order valence-electron chi connectivity index (χ2n) is 5.53. The van der Waals surface area contributed by atoms with Crippen molar-refractivity contribution in [3.8, 4) is 0 Å². The van der Waals surface area contributed by atoms with Crippen LogP contribution in [0.3, 0.4) is 0 Å². The molecule has 0 rings (SSSR count). The third kappa shape index (κ3) is 14.5. The van der Waals surface area contributed by atoms with Gasteiger partial charge in [-0.1, -0.05) is 26.7 Å². The number of esters is 2. The van der Waals surface area contributed by atoms with Gasteiger partial charge in [0.1, 0.15) is 0 Å². The molecule has 0 fully saturated rings. The smallest absolute Gasteiger partial charge is 0.307 e. The number of carbonyl (C=O) groups excluding carboxylic acids is 2. The van der Waals surface area contributed by atoms with Crippen LogP contribution < -0.4 is 0 Å². The molecule has 0 heterocycles.